The van der Waals surface area contributed by atoms with Crippen molar-refractivity contribution in [2.75, 3.05) is 27.1 Å². The third kappa shape index (κ3) is 4.84. The van der Waals surface area contributed by atoms with E-state index < -0.39 is 11.4 Å². The summed E-state index contributed by atoms with van der Waals surface area (Å²) >= 11 is 3.54. The SMILES string of the molecule is CO[C@@]1(C)CO[C@@]2(C=C([C@@H]3CC[C@]45C[C@]34CC[C@@H]3[C@@]4(C)CC=C6C[C@@H](c7ccc8c(c7)OCO8)OC[C@]6(C)[C@@H]4C[C@@H](OC(=O)c4ccc(Br)cc4)[C@]35C)C(=O)O2)C1. The topological polar surface area (TPSA) is 98.8 Å². The first-order valence-corrected chi connectivity index (χ1v) is 21.8. The number of esters is 2. The van der Waals surface area contributed by atoms with Crippen molar-refractivity contribution >= 4 is 27.9 Å². The first kappa shape index (κ1) is 36.9. The van der Waals surface area contributed by atoms with Crippen molar-refractivity contribution in [1.29, 1.82) is 0 Å². The first-order chi connectivity index (χ1) is 27.2. The zero-order valence-electron chi connectivity index (χ0n) is 33.6. The Morgan fingerprint density at radius 3 is 2.53 bits per heavy atom. The van der Waals surface area contributed by atoms with Crippen molar-refractivity contribution in [2.45, 2.75) is 109 Å². The van der Waals surface area contributed by atoms with Gasteiger partial charge in [0.2, 0.25) is 12.6 Å². The molecule has 0 aromatic heterocycles. The van der Waals surface area contributed by atoms with Gasteiger partial charge >= 0.3 is 11.9 Å². The number of ether oxygens (including phenoxy) is 7. The Labute approximate surface area is 343 Å². The number of rotatable bonds is 5. The number of halogens is 1. The normalized spacial score (nSPS) is 45.9. The molecular weight excluding hydrogens is 788 g/mol. The molecular formula is C47H53BrO9. The number of benzene rings is 2. The molecule has 9 nitrogen and oxygen atoms in total. The van der Waals surface area contributed by atoms with Crippen LogP contribution in [-0.4, -0.2) is 56.5 Å². The van der Waals surface area contributed by atoms with Gasteiger partial charge in [-0.3, -0.25) is 0 Å². The van der Waals surface area contributed by atoms with Crippen LogP contribution in [0.25, 0.3) is 0 Å². The third-order valence-corrected chi connectivity index (χ3v) is 18.2. The van der Waals surface area contributed by atoms with Gasteiger partial charge in [-0.25, -0.2) is 9.59 Å². The first-order valence-electron chi connectivity index (χ1n) is 21.0. The second kappa shape index (κ2) is 12.0. The quantitative estimate of drug-likeness (QED) is 0.216. The average Bonchev–Trinajstić information content (AvgIpc) is 3.57. The van der Waals surface area contributed by atoms with E-state index in [1.165, 1.54) is 5.57 Å². The van der Waals surface area contributed by atoms with E-state index in [9.17, 15) is 9.59 Å². The van der Waals surface area contributed by atoms with Crippen LogP contribution in [0.4, 0.5) is 0 Å². The number of hydrogen-bond acceptors (Lipinski definition) is 9. The van der Waals surface area contributed by atoms with Gasteiger partial charge in [-0.15, -0.1) is 0 Å². The molecule has 4 aliphatic heterocycles. The molecule has 10 heteroatoms. The lowest BCUT2D eigenvalue weighted by Gasteiger charge is -2.68. The molecule has 11 rings (SSSR count). The Balaban J connectivity index is 0.950. The summed E-state index contributed by atoms with van der Waals surface area (Å²) in [4.78, 5) is 28.1. The zero-order valence-corrected chi connectivity index (χ0v) is 35.2. The minimum Gasteiger partial charge on any atom is -0.458 e. The number of fused-ring (bicyclic) bond motifs is 6. The zero-order chi connectivity index (χ0) is 39.4. The number of methoxy groups -OCH3 is 1. The molecule has 4 heterocycles. The molecule has 2 aromatic carbocycles. The summed E-state index contributed by atoms with van der Waals surface area (Å²) in [5, 5.41) is 0. The van der Waals surface area contributed by atoms with Crippen molar-refractivity contribution in [3.63, 3.8) is 0 Å². The van der Waals surface area contributed by atoms with Crippen molar-refractivity contribution < 1.29 is 42.7 Å². The monoisotopic (exact) mass is 840 g/mol. The molecule has 57 heavy (non-hydrogen) atoms. The Kier molecular flexibility index (Phi) is 7.75. The van der Waals surface area contributed by atoms with Gasteiger partial charge in [0.1, 0.15) is 6.10 Å². The van der Waals surface area contributed by atoms with E-state index in [0.717, 1.165) is 78.5 Å². The van der Waals surface area contributed by atoms with E-state index in [-0.39, 0.29) is 69.9 Å². The Bertz CT molecular complexity index is 2150. The van der Waals surface area contributed by atoms with E-state index in [1.807, 2.05) is 43.3 Å². The van der Waals surface area contributed by atoms with Crippen LogP contribution >= 0.6 is 15.9 Å². The van der Waals surface area contributed by atoms with Crippen molar-refractivity contribution in [3.8, 4) is 11.5 Å². The van der Waals surface area contributed by atoms with Crippen molar-refractivity contribution in [3.05, 3.63) is 81.4 Å². The summed E-state index contributed by atoms with van der Waals surface area (Å²) in [6.45, 7) is 10.7. The second-order valence-corrected chi connectivity index (χ2v) is 20.9. The van der Waals surface area contributed by atoms with Crippen LogP contribution in [0.1, 0.15) is 108 Å². The molecule has 0 unspecified atom stereocenters. The van der Waals surface area contributed by atoms with E-state index in [1.54, 1.807) is 7.11 Å². The van der Waals surface area contributed by atoms with Gasteiger partial charge in [0.05, 0.1) is 30.5 Å². The fraction of sp³-hybridized carbons (Fsp3) is 0.617. The van der Waals surface area contributed by atoms with Crippen LogP contribution in [0.2, 0.25) is 0 Å². The summed E-state index contributed by atoms with van der Waals surface area (Å²) < 4.78 is 44.1. The second-order valence-electron chi connectivity index (χ2n) is 20.0. The van der Waals surface area contributed by atoms with Crippen LogP contribution < -0.4 is 9.47 Å². The van der Waals surface area contributed by atoms with Gasteiger partial charge in [0.25, 0.3) is 0 Å². The van der Waals surface area contributed by atoms with Crippen LogP contribution in [0.5, 0.6) is 11.5 Å². The van der Waals surface area contributed by atoms with Crippen LogP contribution in [0.15, 0.2) is 70.2 Å². The summed E-state index contributed by atoms with van der Waals surface area (Å²) in [6, 6.07) is 13.7. The maximum Gasteiger partial charge on any atom is 0.338 e. The van der Waals surface area contributed by atoms with Gasteiger partial charge in [-0.1, -0.05) is 54.4 Å². The molecule has 0 amide bonds. The third-order valence-electron chi connectivity index (χ3n) is 17.7. The van der Waals surface area contributed by atoms with Gasteiger partial charge < -0.3 is 33.2 Å². The lowest BCUT2D eigenvalue weighted by atomic mass is 9.37. The summed E-state index contributed by atoms with van der Waals surface area (Å²) in [5.74, 6) is 0.652. The van der Waals surface area contributed by atoms with Gasteiger partial charge in [-0.05, 0) is 140 Å². The molecule has 0 N–H and O–H groups in total. The van der Waals surface area contributed by atoms with Crippen LogP contribution in [-0.2, 0) is 28.5 Å². The summed E-state index contributed by atoms with van der Waals surface area (Å²) in [5.41, 5.74) is 2.79. The van der Waals surface area contributed by atoms with Crippen molar-refractivity contribution in [1.82, 2.24) is 0 Å². The van der Waals surface area contributed by atoms with E-state index in [0.29, 0.717) is 31.1 Å². The fourth-order valence-corrected chi connectivity index (χ4v) is 15.1. The number of allylic oxidation sites excluding steroid dienone is 1. The predicted molar refractivity (Wildman–Crippen MR) is 212 cm³/mol. The van der Waals surface area contributed by atoms with E-state index in [4.69, 9.17) is 33.2 Å². The van der Waals surface area contributed by atoms with Crippen LogP contribution in [0, 0.1) is 44.8 Å². The molecule has 12 atom stereocenters. The lowest BCUT2D eigenvalue weighted by molar-refractivity contribution is -0.224. The molecule has 2 saturated heterocycles. The van der Waals surface area contributed by atoms with Gasteiger partial charge in [0.15, 0.2) is 11.5 Å². The predicted octanol–water partition coefficient (Wildman–Crippen LogP) is 9.44. The maximum atomic E-state index is 14.3. The molecule has 0 bridgehead atoms. The highest BCUT2D eigenvalue weighted by Crippen LogP contribution is 2.91. The van der Waals surface area contributed by atoms with Gasteiger partial charge in [-0.2, -0.15) is 0 Å². The number of carbonyl (C=O) groups is 2. The summed E-state index contributed by atoms with van der Waals surface area (Å²) in [7, 11) is 1.69. The highest BCUT2D eigenvalue weighted by Gasteiger charge is 2.86. The Morgan fingerprint density at radius 2 is 1.74 bits per heavy atom. The molecule has 0 radical (unpaired) electrons. The number of hydrogen-bond donors (Lipinski definition) is 0. The fourth-order valence-electron chi connectivity index (χ4n) is 14.8. The molecule has 2 aromatic rings. The van der Waals surface area contributed by atoms with E-state index >= 15 is 0 Å². The lowest BCUT2D eigenvalue weighted by Crippen LogP contribution is -2.66. The van der Waals surface area contributed by atoms with E-state index in [2.05, 4.69) is 54.9 Å². The molecule has 4 saturated carbocycles. The van der Waals surface area contributed by atoms with Crippen LogP contribution in [0.3, 0.4) is 0 Å². The minimum absolute atomic E-state index is 0.0258. The molecule has 1 spiro atoms. The van der Waals surface area contributed by atoms with Gasteiger partial charge in [0, 0.05) is 34.4 Å². The Morgan fingerprint density at radius 1 is 0.930 bits per heavy atom. The maximum absolute atomic E-state index is 14.3. The average molecular weight is 842 g/mol. The smallest absolute Gasteiger partial charge is 0.338 e. The minimum atomic E-state index is -1.06. The highest BCUT2D eigenvalue weighted by atomic mass is 79.9. The number of carbonyl (C=O) groups excluding carboxylic acids is 2. The standard InChI is InChI=1S/C47H53BrO9/c1-41(51-5)22-47(55-24-41)21-31(40(50)57-47)32-13-17-46-23-45(32,46)16-14-36-42(2)15-12-29-19-34(28-8-11-33-35(18-28)54-26-53-33)52-25-43(29,3)37(42)20-38(44(36,46)4)56-39(49)27-6-9-30(48)10-7-27/h6-12,18,21,32,34,36-38H,13-17,19-20,22-26H2,1-5H3/t32-,34-,36+,37+,38+,41+,42+,43-,44-,45+,46+,47+/m0/s1. The largest absolute Gasteiger partial charge is 0.458 e. The molecule has 9 aliphatic rings. The molecule has 6 fully saturated rings. The molecule has 302 valence electrons. The summed E-state index contributed by atoms with van der Waals surface area (Å²) in [6.07, 6.45) is 12.3. The Hall–Kier alpha value is -3.18. The van der Waals surface area contributed by atoms with Crippen molar-refractivity contribution in [2.24, 2.45) is 44.8 Å². The highest BCUT2D eigenvalue weighted by molar-refractivity contribution is 9.10. The molecule has 5 aliphatic carbocycles.